The smallest absolute Gasteiger partial charge is 0.343 e. The van der Waals surface area contributed by atoms with Gasteiger partial charge in [-0.2, -0.15) is 9.78 Å². The van der Waals surface area contributed by atoms with Gasteiger partial charge in [-0.05, 0) is 43.2 Å². The number of aromatic nitrogens is 3. The van der Waals surface area contributed by atoms with Crippen molar-refractivity contribution in [3.05, 3.63) is 35.8 Å². The Hall–Kier alpha value is -2.70. The molecule has 0 unspecified atom stereocenters. The summed E-state index contributed by atoms with van der Waals surface area (Å²) in [4.78, 5) is 29.4. The number of rotatable bonds is 3. The molecule has 1 aliphatic rings. The zero-order chi connectivity index (χ0) is 19.6. The van der Waals surface area contributed by atoms with Crippen LogP contribution in [0.1, 0.15) is 44.9 Å². The predicted molar refractivity (Wildman–Crippen MR) is 103 cm³/mol. The van der Waals surface area contributed by atoms with Gasteiger partial charge in [0.05, 0.1) is 11.4 Å². The van der Waals surface area contributed by atoms with Crippen molar-refractivity contribution in [2.24, 2.45) is 5.41 Å². The van der Waals surface area contributed by atoms with Crippen LogP contribution in [0.4, 0.5) is 4.79 Å². The van der Waals surface area contributed by atoms with E-state index in [-0.39, 0.29) is 11.9 Å². The Morgan fingerprint density at radius 1 is 1.15 bits per heavy atom. The molecule has 2 aromatic heterocycles. The maximum absolute atomic E-state index is 13.0. The molecule has 7 heteroatoms. The maximum atomic E-state index is 13.0. The number of hydrogen-bond acceptors (Lipinski definition) is 4. The molecule has 27 heavy (non-hydrogen) atoms. The SMILES string of the molecule is CNC(=O)[C@@H](NC(=O)n1nc(-c2ccncc2)c2c1CCCC2)C(C)(C)C. The van der Waals surface area contributed by atoms with Gasteiger partial charge in [0.25, 0.3) is 0 Å². The van der Waals surface area contributed by atoms with Gasteiger partial charge in [0.1, 0.15) is 6.04 Å². The topological polar surface area (TPSA) is 88.9 Å². The molecule has 0 aromatic carbocycles. The van der Waals surface area contributed by atoms with E-state index >= 15 is 0 Å². The van der Waals surface area contributed by atoms with E-state index in [4.69, 9.17) is 0 Å². The van der Waals surface area contributed by atoms with E-state index in [9.17, 15) is 9.59 Å². The van der Waals surface area contributed by atoms with Gasteiger partial charge in [0.2, 0.25) is 5.91 Å². The largest absolute Gasteiger partial charge is 0.357 e. The fourth-order valence-electron chi connectivity index (χ4n) is 3.51. The summed E-state index contributed by atoms with van der Waals surface area (Å²) in [5, 5.41) is 10.1. The first-order valence-electron chi connectivity index (χ1n) is 9.36. The molecule has 0 bridgehead atoms. The number of fused-ring (bicyclic) bond motifs is 1. The van der Waals surface area contributed by atoms with Crippen molar-refractivity contribution >= 4 is 11.9 Å². The van der Waals surface area contributed by atoms with Crippen LogP contribution in [-0.4, -0.2) is 39.8 Å². The molecule has 2 N–H and O–H groups in total. The van der Waals surface area contributed by atoms with E-state index in [1.165, 1.54) is 4.68 Å². The van der Waals surface area contributed by atoms with E-state index in [1.807, 2.05) is 32.9 Å². The van der Waals surface area contributed by atoms with Crippen molar-refractivity contribution < 1.29 is 9.59 Å². The number of carbonyl (C=O) groups is 2. The minimum Gasteiger partial charge on any atom is -0.357 e. The molecule has 144 valence electrons. The normalized spacial score (nSPS) is 15.0. The summed E-state index contributed by atoms with van der Waals surface area (Å²) in [6.07, 6.45) is 7.27. The summed E-state index contributed by atoms with van der Waals surface area (Å²) in [6.45, 7) is 5.77. The number of nitrogens with zero attached hydrogens (tertiary/aromatic N) is 3. The first-order chi connectivity index (χ1) is 12.8. The van der Waals surface area contributed by atoms with Crippen LogP contribution in [0.2, 0.25) is 0 Å². The molecule has 0 saturated carbocycles. The summed E-state index contributed by atoms with van der Waals surface area (Å²) >= 11 is 0. The highest BCUT2D eigenvalue weighted by Crippen LogP contribution is 2.31. The summed E-state index contributed by atoms with van der Waals surface area (Å²) in [5.74, 6) is -0.216. The van der Waals surface area contributed by atoms with Gasteiger partial charge >= 0.3 is 6.03 Å². The molecule has 0 spiro atoms. The lowest BCUT2D eigenvalue weighted by atomic mass is 9.86. The summed E-state index contributed by atoms with van der Waals surface area (Å²) < 4.78 is 1.45. The average molecular weight is 369 g/mol. The summed E-state index contributed by atoms with van der Waals surface area (Å²) in [7, 11) is 1.57. The molecule has 1 atom stereocenters. The highest BCUT2D eigenvalue weighted by molar-refractivity contribution is 5.88. The Morgan fingerprint density at radius 2 is 1.81 bits per heavy atom. The monoisotopic (exact) mass is 369 g/mol. The number of nitrogens with one attached hydrogen (secondary N) is 2. The van der Waals surface area contributed by atoms with Crippen molar-refractivity contribution in [3.63, 3.8) is 0 Å². The number of carbonyl (C=O) groups excluding carboxylic acids is 2. The Kier molecular flexibility index (Phi) is 5.30. The Balaban J connectivity index is 1.98. The molecule has 2 aromatic rings. The number of likely N-dealkylation sites (N-methyl/N-ethyl adjacent to an activating group) is 1. The molecule has 3 rings (SSSR count). The van der Waals surface area contributed by atoms with E-state index in [0.29, 0.717) is 0 Å². The van der Waals surface area contributed by atoms with Crippen molar-refractivity contribution in [2.75, 3.05) is 7.05 Å². The lowest BCUT2D eigenvalue weighted by Crippen LogP contribution is -2.54. The van der Waals surface area contributed by atoms with Crippen molar-refractivity contribution in [1.82, 2.24) is 25.4 Å². The van der Waals surface area contributed by atoms with Crippen LogP contribution in [0.5, 0.6) is 0 Å². The van der Waals surface area contributed by atoms with Crippen LogP contribution < -0.4 is 10.6 Å². The minimum absolute atomic E-state index is 0.216. The van der Waals surface area contributed by atoms with Gasteiger partial charge in [-0.3, -0.25) is 9.78 Å². The molecule has 0 fully saturated rings. The van der Waals surface area contributed by atoms with Crippen LogP contribution in [0.15, 0.2) is 24.5 Å². The molecule has 1 aliphatic carbocycles. The first kappa shape index (κ1) is 19.1. The highest BCUT2D eigenvalue weighted by Gasteiger charge is 2.34. The molecular weight excluding hydrogens is 342 g/mol. The standard InChI is InChI=1S/C20H27N5O2/c1-20(2,3)17(18(26)21-4)23-19(27)25-15-8-6-5-7-14(15)16(24-25)13-9-11-22-12-10-13/h9-12,17H,5-8H2,1-4H3,(H,21,26)(H,23,27)/t17-/m1/s1. The average Bonchev–Trinajstić information content (AvgIpc) is 3.05. The van der Waals surface area contributed by atoms with Crippen molar-refractivity contribution in [1.29, 1.82) is 0 Å². The van der Waals surface area contributed by atoms with Gasteiger partial charge in [0, 0.05) is 30.6 Å². The second-order valence-corrected chi connectivity index (χ2v) is 7.99. The third-order valence-corrected chi connectivity index (χ3v) is 4.97. The third kappa shape index (κ3) is 3.86. The third-order valence-electron chi connectivity index (χ3n) is 4.97. The quantitative estimate of drug-likeness (QED) is 0.870. The van der Waals surface area contributed by atoms with E-state index in [1.54, 1.807) is 19.4 Å². The van der Waals surface area contributed by atoms with Crippen LogP contribution in [0.25, 0.3) is 11.3 Å². The van der Waals surface area contributed by atoms with Crippen LogP contribution >= 0.6 is 0 Å². The molecule has 0 saturated heterocycles. The van der Waals surface area contributed by atoms with Gasteiger partial charge in [-0.1, -0.05) is 20.8 Å². The second kappa shape index (κ2) is 7.50. The van der Waals surface area contributed by atoms with Gasteiger partial charge < -0.3 is 10.6 Å². The highest BCUT2D eigenvalue weighted by atomic mass is 16.2. The second-order valence-electron chi connectivity index (χ2n) is 7.99. The zero-order valence-electron chi connectivity index (χ0n) is 16.4. The minimum atomic E-state index is -0.650. The van der Waals surface area contributed by atoms with Crippen LogP contribution in [0.3, 0.4) is 0 Å². The van der Waals surface area contributed by atoms with Crippen molar-refractivity contribution in [3.8, 4) is 11.3 Å². The van der Waals surface area contributed by atoms with E-state index < -0.39 is 11.5 Å². The van der Waals surface area contributed by atoms with E-state index in [2.05, 4.69) is 20.7 Å². The molecule has 2 amide bonds. The molecule has 0 radical (unpaired) electrons. The number of amides is 2. The van der Waals surface area contributed by atoms with Crippen molar-refractivity contribution in [2.45, 2.75) is 52.5 Å². The number of hydrogen-bond donors (Lipinski definition) is 2. The molecule has 0 aliphatic heterocycles. The van der Waals surface area contributed by atoms with Gasteiger partial charge in [0.15, 0.2) is 0 Å². The maximum Gasteiger partial charge on any atom is 0.343 e. The van der Waals surface area contributed by atoms with Gasteiger partial charge in [-0.25, -0.2) is 4.79 Å². The van der Waals surface area contributed by atoms with Gasteiger partial charge in [-0.15, -0.1) is 0 Å². The lowest BCUT2D eigenvalue weighted by Gasteiger charge is -2.29. The Bertz CT molecular complexity index is 836. The lowest BCUT2D eigenvalue weighted by molar-refractivity contribution is -0.124. The predicted octanol–water partition coefficient (Wildman–Crippen LogP) is 2.54. The zero-order valence-corrected chi connectivity index (χ0v) is 16.4. The van der Waals surface area contributed by atoms with Crippen LogP contribution in [0, 0.1) is 5.41 Å². The fourth-order valence-corrected chi connectivity index (χ4v) is 3.51. The van der Waals surface area contributed by atoms with E-state index in [0.717, 1.165) is 48.2 Å². The molecule has 2 heterocycles. The molecule has 7 nitrogen and oxygen atoms in total. The first-order valence-corrected chi connectivity index (χ1v) is 9.36. The van der Waals surface area contributed by atoms with Crippen LogP contribution in [-0.2, 0) is 17.6 Å². The Labute approximate surface area is 159 Å². The number of pyridine rings is 1. The summed E-state index contributed by atoms with van der Waals surface area (Å²) in [5.41, 5.74) is 3.42. The summed E-state index contributed by atoms with van der Waals surface area (Å²) in [6, 6.07) is 2.80. The molecular formula is C20H27N5O2. The Morgan fingerprint density at radius 3 is 2.44 bits per heavy atom. The fraction of sp³-hybridized carbons (Fsp3) is 0.500.